The zero-order chi connectivity index (χ0) is 19.7. The van der Waals surface area contributed by atoms with E-state index in [2.05, 4.69) is 30.9 Å². The fourth-order valence-electron chi connectivity index (χ4n) is 3.51. The second-order valence-electron chi connectivity index (χ2n) is 7.10. The number of fused-ring (bicyclic) bond motifs is 1. The molecule has 0 bridgehead atoms. The highest BCUT2D eigenvalue weighted by molar-refractivity contribution is 5.96. The molecule has 2 atom stereocenters. The van der Waals surface area contributed by atoms with Gasteiger partial charge >= 0.3 is 0 Å². The summed E-state index contributed by atoms with van der Waals surface area (Å²) in [5, 5.41) is 19.6. The van der Waals surface area contributed by atoms with Crippen molar-refractivity contribution in [2.45, 2.75) is 37.8 Å². The number of hydrogen-bond donors (Lipinski definition) is 4. The second kappa shape index (κ2) is 7.39. The average Bonchev–Trinajstić information content (AvgIpc) is 3.03. The number of nitrogens with two attached hydrogens (primary N) is 2. The largest absolute Gasteiger partial charge is 0.364 e. The van der Waals surface area contributed by atoms with Crippen molar-refractivity contribution < 1.29 is 4.79 Å². The molecule has 1 aliphatic carbocycles. The number of nitrogens with zero attached hydrogens (tertiary/aromatic N) is 5. The highest BCUT2D eigenvalue weighted by Gasteiger charge is 2.23. The molecule has 1 saturated carbocycles. The van der Waals surface area contributed by atoms with Crippen LogP contribution in [0.15, 0.2) is 24.4 Å². The summed E-state index contributed by atoms with van der Waals surface area (Å²) in [5.74, 6) is -0.138. The summed E-state index contributed by atoms with van der Waals surface area (Å²) in [7, 11) is 1.86. The number of benzene rings is 1. The minimum Gasteiger partial charge on any atom is -0.364 e. The third-order valence-electron chi connectivity index (χ3n) is 4.94. The third kappa shape index (κ3) is 3.72. The van der Waals surface area contributed by atoms with Crippen molar-refractivity contribution in [2.24, 2.45) is 18.5 Å². The van der Waals surface area contributed by atoms with Gasteiger partial charge < -0.3 is 22.1 Å². The maximum absolute atomic E-state index is 11.8. The van der Waals surface area contributed by atoms with Crippen LogP contribution in [0.1, 0.15) is 36.2 Å². The summed E-state index contributed by atoms with van der Waals surface area (Å²) in [5.41, 5.74) is 13.2. The molecular formula is C18H23N9O. The maximum atomic E-state index is 11.8. The Morgan fingerprint density at radius 3 is 2.86 bits per heavy atom. The zero-order valence-corrected chi connectivity index (χ0v) is 15.6. The first kappa shape index (κ1) is 18.1. The number of aryl methyl sites for hydroxylation is 1. The lowest BCUT2D eigenvalue weighted by atomic mass is 9.91. The number of anilines is 3. The third-order valence-corrected chi connectivity index (χ3v) is 4.94. The van der Waals surface area contributed by atoms with Crippen LogP contribution in [0.2, 0.25) is 0 Å². The normalized spacial score (nSPS) is 19.5. The SMILES string of the molecule is Cn1cc2cc(Nc3nc(N[C@@H]4CCCC[C@@H]4N)nnc3C(N)=O)ccc2n1. The average molecular weight is 381 g/mol. The Bertz CT molecular complexity index is 1020. The summed E-state index contributed by atoms with van der Waals surface area (Å²) in [6.07, 6.45) is 6.05. The van der Waals surface area contributed by atoms with E-state index in [9.17, 15) is 4.79 Å². The number of carbonyl (C=O) groups is 1. The molecule has 1 amide bonds. The van der Waals surface area contributed by atoms with Crippen LogP contribution < -0.4 is 22.1 Å². The molecule has 0 unspecified atom stereocenters. The van der Waals surface area contributed by atoms with Crippen LogP contribution >= 0.6 is 0 Å². The molecule has 10 nitrogen and oxygen atoms in total. The summed E-state index contributed by atoms with van der Waals surface area (Å²) in [6.45, 7) is 0. The van der Waals surface area contributed by atoms with Crippen molar-refractivity contribution in [3.05, 3.63) is 30.1 Å². The van der Waals surface area contributed by atoms with Crippen molar-refractivity contribution in [2.75, 3.05) is 10.6 Å². The monoisotopic (exact) mass is 381 g/mol. The molecule has 0 spiro atoms. The molecule has 10 heteroatoms. The van der Waals surface area contributed by atoms with E-state index in [4.69, 9.17) is 11.5 Å². The Balaban J connectivity index is 1.62. The first-order chi connectivity index (χ1) is 13.5. The zero-order valence-electron chi connectivity index (χ0n) is 15.6. The first-order valence-corrected chi connectivity index (χ1v) is 9.26. The van der Waals surface area contributed by atoms with Crippen LogP contribution in [0.4, 0.5) is 17.5 Å². The van der Waals surface area contributed by atoms with Crippen molar-refractivity contribution in [3.8, 4) is 0 Å². The van der Waals surface area contributed by atoms with Crippen LogP contribution in [0.25, 0.3) is 10.9 Å². The van der Waals surface area contributed by atoms with Gasteiger partial charge in [-0.3, -0.25) is 9.48 Å². The molecule has 28 heavy (non-hydrogen) atoms. The molecule has 0 aliphatic heterocycles. The van der Waals surface area contributed by atoms with Gasteiger partial charge in [0.05, 0.1) is 5.52 Å². The Labute approximate surface area is 161 Å². The van der Waals surface area contributed by atoms with Gasteiger partial charge in [0.2, 0.25) is 5.95 Å². The molecule has 2 heterocycles. The highest BCUT2D eigenvalue weighted by Crippen LogP contribution is 2.24. The van der Waals surface area contributed by atoms with Gasteiger partial charge in [0, 0.05) is 36.4 Å². The minimum atomic E-state index is -0.703. The number of primary amides is 1. The van der Waals surface area contributed by atoms with Gasteiger partial charge in [-0.1, -0.05) is 12.8 Å². The first-order valence-electron chi connectivity index (χ1n) is 9.26. The molecule has 3 aromatic rings. The van der Waals surface area contributed by atoms with E-state index in [1.54, 1.807) is 4.68 Å². The molecule has 1 aromatic carbocycles. The summed E-state index contributed by atoms with van der Waals surface area (Å²) in [4.78, 5) is 16.2. The summed E-state index contributed by atoms with van der Waals surface area (Å²) < 4.78 is 1.74. The minimum absolute atomic E-state index is 0.0234. The van der Waals surface area contributed by atoms with Crippen molar-refractivity contribution >= 4 is 34.3 Å². The quantitative estimate of drug-likeness (QED) is 0.516. The molecule has 4 rings (SSSR count). The van der Waals surface area contributed by atoms with E-state index >= 15 is 0 Å². The lowest BCUT2D eigenvalue weighted by molar-refractivity contribution is 0.0995. The lowest BCUT2D eigenvalue weighted by Crippen LogP contribution is -2.43. The Morgan fingerprint density at radius 1 is 1.25 bits per heavy atom. The van der Waals surface area contributed by atoms with E-state index in [-0.39, 0.29) is 23.6 Å². The molecule has 0 saturated heterocycles. The number of amides is 1. The molecule has 1 fully saturated rings. The fraction of sp³-hybridized carbons (Fsp3) is 0.389. The molecule has 2 aromatic heterocycles. The van der Waals surface area contributed by atoms with Gasteiger partial charge in [0.25, 0.3) is 5.91 Å². The molecular weight excluding hydrogens is 358 g/mol. The van der Waals surface area contributed by atoms with Gasteiger partial charge in [-0.25, -0.2) is 0 Å². The lowest BCUT2D eigenvalue weighted by Gasteiger charge is -2.29. The fourth-order valence-corrected chi connectivity index (χ4v) is 3.51. The van der Waals surface area contributed by atoms with E-state index in [1.807, 2.05) is 31.4 Å². The Kier molecular flexibility index (Phi) is 4.78. The van der Waals surface area contributed by atoms with Crippen molar-refractivity contribution in [3.63, 3.8) is 0 Å². The number of carbonyl (C=O) groups excluding carboxylic acids is 1. The molecule has 0 radical (unpaired) electrons. The summed E-state index contributed by atoms with van der Waals surface area (Å²) >= 11 is 0. The second-order valence-corrected chi connectivity index (χ2v) is 7.10. The Morgan fingerprint density at radius 2 is 2.07 bits per heavy atom. The van der Waals surface area contributed by atoms with Gasteiger partial charge in [0.1, 0.15) is 0 Å². The van der Waals surface area contributed by atoms with Gasteiger partial charge in [-0.2, -0.15) is 10.1 Å². The van der Waals surface area contributed by atoms with Gasteiger partial charge in [-0.15, -0.1) is 10.2 Å². The number of hydrogen-bond acceptors (Lipinski definition) is 8. The topological polar surface area (TPSA) is 150 Å². The van der Waals surface area contributed by atoms with Crippen molar-refractivity contribution in [1.82, 2.24) is 25.0 Å². The van der Waals surface area contributed by atoms with Gasteiger partial charge in [-0.05, 0) is 31.0 Å². The van der Waals surface area contributed by atoms with Gasteiger partial charge in [0.15, 0.2) is 11.5 Å². The van der Waals surface area contributed by atoms with E-state index in [1.165, 1.54) is 0 Å². The van der Waals surface area contributed by atoms with E-state index < -0.39 is 5.91 Å². The summed E-state index contributed by atoms with van der Waals surface area (Å²) in [6, 6.07) is 5.77. The molecule has 146 valence electrons. The predicted octanol–water partition coefficient (Wildman–Crippen LogP) is 1.28. The van der Waals surface area contributed by atoms with E-state index in [0.717, 1.165) is 42.3 Å². The highest BCUT2D eigenvalue weighted by atomic mass is 16.1. The van der Waals surface area contributed by atoms with Crippen LogP contribution in [-0.2, 0) is 7.05 Å². The molecule has 6 N–H and O–H groups in total. The predicted molar refractivity (Wildman–Crippen MR) is 106 cm³/mol. The van der Waals surface area contributed by atoms with Crippen LogP contribution in [0, 0.1) is 0 Å². The number of aromatic nitrogens is 5. The maximum Gasteiger partial charge on any atom is 0.273 e. The number of nitrogens with one attached hydrogen (secondary N) is 2. The van der Waals surface area contributed by atoms with Crippen molar-refractivity contribution in [1.29, 1.82) is 0 Å². The molecule has 1 aliphatic rings. The van der Waals surface area contributed by atoms with Crippen LogP contribution in [0.3, 0.4) is 0 Å². The smallest absolute Gasteiger partial charge is 0.273 e. The number of rotatable bonds is 5. The Hall–Kier alpha value is -3.27. The van der Waals surface area contributed by atoms with Crippen LogP contribution in [-0.4, -0.2) is 43.0 Å². The standard InChI is InChI=1S/C18H23N9O/c1-27-9-10-8-11(6-7-13(10)26-27)21-17-15(16(20)28)24-25-18(23-17)22-14-5-3-2-4-12(14)19/h6-9,12,14H,2-5,19H2,1H3,(H2,20,28)(H2,21,22,23,25)/t12-,14+/m0/s1. The van der Waals surface area contributed by atoms with E-state index in [0.29, 0.717) is 5.95 Å². The van der Waals surface area contributed by atoms with Crippen LogP contribution in [0.5, 0.6) is 0 Å².